The second kappa shape index (κ2) is 9.71. The Morgan fingerprint density at radius 3 is 2.63 bits per heavy atom. The number of aromatic nitrogens is 3. The van der Waals surface area contributed by atoms with Gasteiger partial charge in [0.05, 0.1) is 40.5 Å². The van der Waals surface area contributed by atoms with Crippen LogP contribution >= 0.6 is 0 Å². The highest BCUT2D eigenvalue weighted by Crippen LogP contribution is 2.52. The van der Waals surface area contributed by atoms with Gasteiger partial charge in [-0.05, 0) is 56.2 Å². The summed E-state index contributed by atoms with van der Waals surface area (Å²) in [6, 6.07) is 14.7. The number of carbonyl (C=O) groups is 1. The normalized spacial score (nSPS) is 19.6. The van der Waals surface area contributed by atoms with E-state index >= 15 is 0 Å². The number of rotatable bonds is 6. The molecule has 3 aromatic rings. The lowest BCUT2D eigenvalue weighted by atomic mass is 10.1. The summed E-state index contributed by atoms with van der Waals surface area (Å²) in [6.07, 6.45) is 3.23. The average molecular weight is 493 g/mol. The Labute approximate surface area is 206 Å². The Balaban J connectivity index is 1.55. The SMILES string of the molecule is CNC(=O)Nc1ccc(-c2nc(N3CCOC[C@@H]3C)cc(C3(S(=O)c4ccccn4)CC3)n2)cc1. The van der Waals surface area contributed by atoms with Crippen molar-refractivity contribution in [3.8, 4) is 11.4 Å². The largest absolute Gasteiger partial charge is 0.377 e. The van der Waals surface area contributed by atoms with Crippen LogP contribution in [0.15, 0.2) is 59.8 Å². The fourth-order valence-electron chi connectivity index (χ4n) is 4.21. The second-order valence-electron chi connectivity index (χ2n) is 8.76. The lowest BCUT2D eigenvalue weighted by molar-refractivity contribution is 0.0985. The van der Waals surface area contributed by atoms with Gasteiger partial charge in [0.15, 0.2) is 5.82 Å². The topological polar surface area (TPSA) is 109 Å². The van der Waals surface area contributed by atoms with Crippen LogP contribution in [0.25, 0.3) is 11.4 Å². The number of anilines is 2. The molecule has 182 valence electrons. The van der Waals surface area contributed by atoms with Crippen LogP contribution in [0, 0.1) is 0 Å². The molecule has 0 radical (unpaired) electrons. The molecule has 3 heterocycles. The number of urea groups is 1. The first kappa shape index (κ1) is 23.4. The second-order valence-corrected chi connectivity index (χ2v) is 10.5. The van der Waals surface area contributed by atoms with Gasteiger partial charge in [-0.15, -0.1) is 0 Å². The molecule has 1 saturated heterocycles. The van der Waals surface area contributed by atoms with Gasteiger partial charge >= 0.3 is 6.03 Å². The average Bonchev–Trinajstić information content (AvgIpc) is 3.71. The van der Waals surface area contributed by atoms with Crippen LogP contribution in [0.4, 0.5) is 16.3 Å². The summed E-state index contributed by atoms with van der Waals surface area (Å²) in [7, 11) is 0.239. The van der Waals surface area contributed by atoms with Gasteiger partial charge in [-0.25, -0.2) is 19.7 Å². The quantitative estimate of drug-likeness (QED) is 0.543. The van der Waals surface area contributed by atoms with Crippen LogP contribution in [0.1, 0.15) is 25.5 Å². The number of pyridine rings is 1. The summed E-state index contributed by atoms with van der Waals surface area (Å²) in [5.74, 6) is 1.37. The summed E-state index contributed by atoms with van der Waals surface area (Å²) < 4.78 is 18.7. The first-order valence-electron chi connectivity index (χ1n) is 11.7. The van der Waals surface area contributed by atoms with Gasteiger partial charge in [-0.2, -0.15) is 0 Å². The fourth-order valence-corrected chi connectivity index (χ4v) is 5.74. The molecule has 1 saturated carbocycles. The van der Waals surface area contributed by atoms with Crippen molar-refractivity contribution in [3.05, 3.63) is 60.4 Å². The van der Waals surface area contributed by atoms with E-state index in [2.05, 4.69) is 27.4 Å². The van der Waals surface area contributed by atoms with Gasteiger partial charge < -0.3 is 20.3 Å². The summed E-state index contributed by atoms with van der Waals surface area (Å²) in [6.45, 7) is 4.09. The number of amides is 2. The number of benzene rings is 1. The third kappa shape index (κ3) is 4.76. The number of nitrogens with zero attached hydrogens (tertiary/aromatic N) is 4. The van der Waals surface area contributed by atoms with Gasteiger partial charge in [0.2, 0.25) is 0 Å². The molecule has 2 atom stereocenters. The smallest absolute Gasteiger partial charge is 0.318 e. The Hall–Kier alpha value is -3.37. The van der Waals surface area contributed by atoms with Crippen LogP contribution in [0.5, 0.6) is 0 Å². The standard InChI is InChI=1S/C25H28N6O3S/c1-17-16-34-14-13-31(17)21-15-20(25(10-11-25)35(33)22-5-3-4-12-27-22)29-23(30-21)18-6-8-19(9-7-18)28-24(32)26-2/h3-9,12,15,17H,10-11,13-14,16H2,1-2H3,(H2,26,28,32)/t17-,35?/m0/s1. The van der Waals surface area contributed by atoms with E-state index in [0.717, 1.165) is 36.5 Å². The predicted molar refractivity (Wildman–Crippen MR) is 135 cm³/mol. The molecule has 2 amide bonds. The molecular weight excluding hydrogens is 464 g/mol. The molecule has 9 nitrogen and oxygen atoms in total. The van der Waals surface area contributed by atoms with Crippen LogP contribution in [0.2, 0.25) is 0 Å². The van der Waals surface area contributed by atoms with E-state index in [1.807, 2.05) is 42.5 Å². The molecule has 0 bridgehead atoms. The Morgan fingerprint density at radius 1 is 1.17 bits per heavy atom. The van der Waals surface area contributed by atoms with Gasteiger partial charge in [0.1, 0.15) is 10.8 Å². The maximum Gasteiger partial charge on any atom is 0.318 e. The Kier molecular flexibility index (Phi) is 6.48. The molecule has 1 aliphatic heterocycles. The van der Waals surface area contributed by atoms with Gasteiger partial charge in [0.25, 0.3) is 0 Å². The fraction of sp³-hybridized carbons (Fsp3) is 0.360. The zero-order chi connectivity index (χ0) is 24.4. The Bertz CT molecular complexity index is 1230. The van der Waals surface area contributed by atoms with E-state index in [4.69, 9.17) is 14.7 Å². The minimum atomic E-state index is -1.33. The molecule has 1 aromatic carbocycles. The molecule has 1 aliphatic carbocycles. The van der Waals surface area contributed by atoms with Gasteiger partial charge in [-0.1, -0.05) is 6.07 Å². The maximum absolute atomic E-state index is 13.6. The summed E-state index contributed by atoms with van der Waals surface area (Å²) in [4.78, 5) is 28.0. The van der Waals surface area contributed by atoms with Crippen LogP contribution in [-0.2, 0) is 20.3 Å². The van der Waals surface area contributed by atoms with E-state index in [9.17, 15) is 9.00 Å². The molecule has 2 N–H and O–H groups in total. The van der Waals surface area contributed by atoms with Crippen LogP contribution < -0.4 is 15.5 Å². The lowest BCUT2D eigenvalue weighted by Crippen LogP contribution is -2.44. The number of morpholine rings is 1. The van der Waals surface area contributed by atoms with Crippen molar-refractivity contribution in [2.75, 3.05) is 37.0 Å². The first-order chi connectivity index (χ1) is 17.0. The van der Waals surface area contributed by atoms with Gasteiger partial charge in [0, 0.05) is 37.1 Å². The minimum Gasteiger partial charge on any atom is -0.377 e. The van der Waals surface area contributed by atoms with Crippen LogP contribution in [-0.4, -0.2) is 58.0 Å². The van der Waals surface area contributed by atoms with Crippen molar-refractivity contribution in [1.29, 1.82) is 0 Å². The third-order valence-electron chi connectivity index (χ3n) is 6.36. The number of carbonyl (C=O) groups excluding carboxylic acids is 1. The summed E-state index contributed by atoms with van der Waals surface area (Å²) in [5.41, 5.74) is 2.25. The summed E-state index contributed by atoms with van der Waals surface area (Å²) >= 11 is 0. The van der Waals surface area contributed by atoms with Crippen molar-refractivity contribution >= 4 is 28.3 Å². The van der Waals surface area contributed by atoms with E-state index < -0.39 is 15.5 Å². The van der Waals surface area contributed by atoms with Crippen molar-refractivity contribution in [3.63, 3.8) is 0 Å². The molecule has 1 unspecified atom stereocenters. The third-order valence-corrected chi connectivity index (χ3v) is 8.30. The number of hydrogen-bond acceptors (Lipinski definition) is 7. The lowest BCUT2D eigenvalue weighted by Gasteiger charge is -2.34. The first-order valence-corrected chi connectivity index (χ1v) is 12.8. The highest BCUT2D eigenvalue weighted by molar-refractivity contribution is 7.86. The highest BCUT2D eigenvalue weighted by Gasteiger charge is 2.53. The molecule has 2 aromatic heterocycles. The predicted octanol–water partition coefficient (Wildman–Crippen LogP) is 3.31. The van der Waals surface area contributed by atoms with Crippen molar-refractivity contribution in [2.24, 2.45) is 0 Å². The molecular formula is C25H28N6O3S. The Morgan fingerprint density at radius 2 is 1.97 bits per heavy atom. The van der Waals surface area contributed by atoms with Crippen LogP contribution in [0.3, 0.4) is 0 Å². The van der Waals surface area contributed by atoms with E-state index in [1.165, 1.54) is 0 Å². The molecule has 35 heavy (non-hydrogen) atoms. The van der Waals surface area contributed by atoms with Crippen molar-refractivity contribution in [1.82, 2.24) is 20.3 Å². The van der Waals surface area contributed by atoms with Crippen molar-refractivity contribution < 1.29 is 13.7 Å². The molecule has 10 heteroatoms. The number of hydrogen-bond donors (Lipinski definition) is 2. The van der Waals surface area contributed by atoms with Gasteiger partial charge in [-0.3, -0.25) is 4.21 Å². The zero-order valence-corrected chi connectivity index (χ0v) is 20.5. The number of ether oxygens (including phenoxy) is 1. The van der Waals surface area contributed by atoms with Crippen molar-refractivity contribution in [2.45, 2.75) is 35.6 Å². The molecule has 2 aliphatic rings. The summed E-state index contributed by atoms with van der Waals surface area (Å²) in [5, 5.41) is 5.86. The maximum atomic E-state index is 13.6. The van der Waals surface area contributed by atoms with E-state index in [-0.39, 0.29) is 12.1 Å². The molecule has 5 rings (SSSR count). The molecule has 2 fully saturated rings. The van der Waals surface area contributed by atoms with E-state index in [1.54, 1.807) is 19.3 Å². The molecule has 0 spiro atoms. The monoisotopic (exact) mass is 492 g/mol. The highest BCUT2D eigenvalue weighted by atomic mass is 32.2. The zero-order valence-electron chi connectivity index (χ0n) is 19.7. The minimum absolute atomic E-state index is 0.162. The van der Waals surface area contributed by atoms with E-state index in [0.29, 0.717) is 29.8 Å². The number of nitrogens with one attached hydrogen (secondary N) is 2.